The molecular formula is C15H27N5O. The van der Waals surface area contributed by atoms with Crippen LogP contribution < -0.4 is 16.0 Å². The van der Waals surface area contributed by atoms with Crippen molar-refractivity contribution >= 4 is 17.5 Å². The standard InChI is InChI=1S/C15H27N5O/c1-7-17-12-10(3)13(20(8-2)9-11(16)21)19-14(18-12)15(4,5)6/h7-9H2,1-6H3,(H2,16,21)(H,17,18,19). The van der Waals surface area contributed by atoms with Crippen LogP contribution in [0.5, 0.6) is 0 Å². The Hall–Kier alpha value is -1.85. The molecular weight excluding hydrogens is 266 g/mol. The fourth-order valence-corrected chi connectivity index (χ4v) is 2.01. The van der Waals surface area contributed by atoms with Crippen molar-refractivity contribution in [1.82, 2.24) is 9.97 Å². The number of nitrogens with zero attached hydrogens (tertiary/aromatic N) is 3. The largest absolute Gasteiger partial charge is 0.370 e. The molecule has 0 aliphatic heterocycles. The van der Waals surface area contributed by atoms with Crippen molar-refractivity contribution in [2.75, 3.05) is 29.9 Å². The molecule has 6 heteroatoms. The van der Waals surface area contributed by atoms with Gasteiger partial charge in [-0.1, -0.05) is 20.8 Å². The third-order valence-corrected chi connectivity index (χ3v) is 3.16. The number of nitrogens with two attached hydrogens (primary N) is 1. The van der Waals surface area contributed by atoms with Crippen LogP contribution in [0.25, 0.3) is 0 Å². The predicted octanol–water partition coefficient (Wildman–Crippen LogP) is 1.83. The van der Waals surface area contributed by atoms with E-state index in [4.69, 9.17) is 5.73 Å². The number of likely N-dealkylation sites (N-methyl/N-ethyl adjacent to an activating group) is 1. The minimum atomic E-state index is -0.364. The summed E-state index contributed by atoms with van der Waals surface area (Å²) in [4.78, 5) is 22.5. The van der Waals surface area contributed by atoms with Crippen molar-refractivity contribution in [3.05, 3.63) is 11.4 Å². The van der Waals surface area contributed by atoms with Crippen LogP contribution in [-0.4, -0.2) is 35.5 Å². The van der Waals surface area contributed by atoms with Crippen molar-refractivity contribution in [1.29, 1.82) is 0 Å². The highest BCUT2D eigenvalue weighted by atomic mass is 16.1. The van der Waals surface area contributed by atoms with E-state index in [1.165, 1.54) is 0 Å². The van der Waals surface area contributed by atoms with Gasteiger partial charge in [0, 0.05) is 24.1 Å². The van der Waals surface area contributed by atoms with E-state index in [1.54, 1.807) is 0 Å². The molecule has 6 nitrogen and oxygen atoms in total. The van der Waals surface area contributed by atoms with Crippen molar-refractivity contribution in [2.45, 2.75) is 47.0 Å². The zero-order chi connectivity index (χ0) is 16.2. The van der Waals surface area contributed by atoms with Crippen molar-refractivity contribution < 1.29 is 4.79 Å². The summed E-state index contributed by atoms with van der Waals surface area (Å²) in [7, 11) is 0. The van der Waals surface area contributed by atoms with Gasteiger partial charge in [-0.05, 0) is 20.8 Å². The van der Waals surface area contributed by atoms with Gasteiger partial charge < -0.3 is 16.0 Å². The van der Waals surface area contributed by atoms with Crippen LogP contribution in [0.2, 0.25) is 0 Å². The lowest BCUT2D eigenvalue weighted by molar-refractivity contribution is -0.116. The van der Waals surface area contributed by atoms with Crippen LogP contribution in [0.3, 0.4) is 0 Å². The Bertz CT molecular complexity index is 508. The molecule has 1 aromatic rings. The summed E-state index contributed by atoms with van der Waals surface area (Å²) < 4.78 is 0. The smallest absolute Gasteiger partial charge is 0.236 e. The molecule has 3 N–H and O–H groups in total. The third-order valence-electron chi connectivity index (χ3n) is 3.16. The first-order valence-electron chi connectivity index (χ1n) is 7.36. The first kappa shape index (κ1) is 17.2. The molecule has 0 spiro atoms. The Kier molecular flexibility index (Phi) is 5.52. The van der Waals surface area contributed by atoms with E-state index in [0.29, 0.717) is 6.54 Å². The van der Waals surface area contributed by atoms with Gasteiger partial charge in [-0.15, -0.1) is 0 Å². The number of aromatic nitrogens is 2. The van der Waals surface area contributed by atoms with E-state index in [1.807, 2.05) is 25.7 Å². The zero-order valence-electron chi connectivity index (χ0n) is 13.9. The number of carbonyl (C=O) groups is 1. The molecule has 21 heavy (non-hydrogen) atoms. The lowest BCUT2D eigenvalue weighted by atomic mass is 9.95. The molecule has 0 saturated heterocycles. The van der Waals surface area contributed by atoms with E-state index in [2.05, 4.69) is 36.1 Å². The minimum Gasteiger partial charge on any atom is -0.370 e. The SMILES string of the molecule is CCNc1nc(C(C)(C)C)nc(N(CC)CC(N)=O)c1C. The van der Waals surface area contributed by atoms with Gasteiger partial charge in [0.1, 0.15) is 17.5 Å². The van der Waals surface area contributed by atoms with E-state index in [-0.39, 0.29) is 17.9 Å². The Morgan fingerprint density at radius 2 is 1.90 bits per heavy atom. The van der Waals surface area contributed by atoms with Gasteiger partial charge in [-0.2, -0.15) is 0 Å². The Labute approximate surface area is 127 Å². The number of rotatable bonds is 6. The van der Waals surface area contributed by atoms with Gasteiger partial charge in [0.25, 0.3) is 0 Å². The second kappa shape index (κ2) is 6.74. The Morgan fingerprint density at radius 1 is 1.29 bits per heavy atom. The van der Waals surface area contributed by atoms with Crippen molar-refractivity contribution in [3.63, 3.8) is 0 Å². The van der Waals surface area contributed by atoms with E-state index >= 15 is 0 Å². The number of nitrogens with one attached hydrogen (secondary N) is 1. The molecule has 0 atom stereocenters. The van der Waals surface area contributed by atoms with Gasteiger partial charge in [0.05, 0.1) is 6.54 Å². The molecule has 0 radical (unpaired) electrons. The number of primary amides is 1. The molecule has 0 bridgehead atoms. The van der Waals surface area contributed by atoms with Gasteiger partial charge in [0.2, 0.25) is 5.91 Å². The fourth-order valence-electron chi connectivity index (χ4n) is 2.01. The first-order chi connectivity index (χ1) is 9.70. The summed E-state index contributed by atoms with van der Waals surface area (Å²) in [6, 6.07) is 0. The van der Waals surface area contributed by atoms with Crippen molar-refractivity contribution in [3.8, 4) is 0 Å². The van der Waals surface area contributed by atoms with Gasteiger partial charge >= 0.3 is 0 Å². The fraction of sp³-hybridized carbons (Fsp3) is 0.667. The maximum absolute atomic E-state index is 11.3. The first-order valence-corrected chi connectivity index (χ1v) is 7.36. The summed E-state index contributed by atoms with van der Waals surface area (Å²) in [6.07, 6.45) is 0. The van der Waals surface area contributed by atoms with Crippen LogP contribution in [0, 0.1) is 6.92 Å². The van der Waals surface area contributed by atoms with E-state index in [9.17, 15) is 4.79 Å². The van der Waals surface area contributed by atoms with Crippen LogP contribution in [-0.2, 0) is 10.2 Å². The van der Waals surface area contributed by atoms with Crippen LogP contribution in [0.4, 0.5) is 11.6 Å². The molecule has 1 heterocycles. The number of carbonyl (C=O) groups excluding carboxylic acids is 1. The minimum absolute atomic E-state index is 0.156. The highest BCUT2D eigenvalue weighted by molar-refractivity contribution is 5.79. The van der Waals surface area contributed by atoms with Crippen LogP contribution in [0.1, 0.15) is 46.0 Å². The highest BCUT2D eigenvalue weighted by Crippen LogP contribution is 2.28. The Balaban J connectivity index is 3.40. The third kappa shape index (κ3) is 4.31. The monoisotopic (exact) mass is 293 g/mol. The number of hydrogen-bond acceptors (Lipinski definition) is 5. The quantitative estimate of drug-likeness (QED) is 0.836. The number of anilines is 2. The van der Waals surface area contributed by atoms with Crippen LogP contribution in [0.15, 0.2) is 0 Å². The summed E-state index contributed by atoms with van der Waals surface area (Å²) >= 11 is 0. The number of hydrogen-bond donors (Lipinski definition) is 2. The lowest BCUT2D eigenvalue weighted by Gasteiger charge is -2.26. The summed E-state index contributed by atoms with van der Waals surface area (Å²) in [5.74, 6) is 1.97. The molecule has 0 unspecified atom stereocenters. The van der Waals surface area contributed by atoms with E-state index in [0.717, 1.165) is 29.6 Å². The van der Waals surface area contributed by atoms with Crippen molar-refractivity contribution in [2.24, 2.45) is 5.73 Å². The summed E-state index contributed by atoms with van der Waals surface area (Å²) in [6.45, 7) is 13.8. The average molecular weight is 293 g/mol. The lowest BCUT2D eigenvalue weighted by Crippen LogP contribution is -2.35. The molecule has 0 saturated carbocycles. The Morgan fingerprint density at radius 3 is 2.33 bits per heavy atom. The molecule has 118 valence electrons. The highest BCUT2D eigenvalue weighted by Gasteiger charge is 2.23. The van der Waals surface area contributed by atoms with Gasteiger partial charge in [-0.3, -0.25) is 4.79 Å². The second-order valence-electron chi connectivity index (χ2n) is 6.11. The molecule has 0 aliphatic carbocycles. The summed E-state index contributed by atoms with van der Waals surface area (Å²) in [5.41, 5.74) is 6.11. The van der Waals surface area contributed by atoms with Crippen LogP contribution >= 0.6 is 0 Å². The normalized spacial score (nSPS) is 11.3. The maximum atomic E-state index is 11.3. The average Bonchev–Trinajstić information content (AvgIpc) is 2.37. The molecule has 1 amide bonds. The molecule has 1 aromatic heterocycles. The molecule has 0 aliphatic rings. The number of amides is 1. The predicted molar refractivity (Wildman–Crippen MR) is 86.7 cm³/mol. The molecule has 1 rings (SSSR count). The van der Waals surface area contributed by atoms with Gasteiger partial charge in [-0.25, -0.2) is 9.97 Å². The topological polar surface area (TPSA) is 84.1 Å². The molecule has 0 fully saturated rings. The summed E-state index contributed by atoms with van der Waals surface area (Å²) in [5, 5.41) is 3.27. The molecule has 0 aromatic carbocycles. The zero-order valence-corrected chi connectivity index (χ0v) is 13.9. The maximum Gasteiger partial charge on any atom is 0.236 e. The second-order valence-corrected chi connectivity index (χ2v) is 6.11. The van der Waals surface area contributed by atoms with Gasteiger partial charge in [0.15, 0.2) is 0 Å². The van der Waals surface area contributed by atoms with E-state index < -0.39 is 0 Å².